The zero-order valence-corrected chi connectivity index (χ0v) is 14.6. The molecule has 7 nitrogen and oxygen atoms in total. The standard InChI is InChI=1S/C20H20N2O5/c21-19(25)17(9-10-18(23)24)22-20(26)27-11-16-14-7-3-1-5-12(14)13-6-2-4-8-15(13)16/h1-8,16-17H,9-11H2,(H2,21,25)(H,22,26)(H,23,24)/t17-/m0/s1. The van der Waals surface area contributed by atoms with Crippen LogP contribution in [0.2, 0.25) is 0 Å². The molecule has 2 amide bonds. The van der Waals surface area contributed by atoms with Gasteiger partial charge in [-0.1, -0.05) is 48.5 Å². The number of carbonyl (C=O) groups is 3. The minimum Gasteiger partial charge on any atom is -0.481 e. The van der Waals surface area contributed by atoms with Crippen LogP contribution in [-0.4, -0.2) is 35.7 Å². The van der Waals surface area contributed by atoms with Crippen molar-refractivity contribution in [1.82, 2.24) is 5.32 Å². The molecule has 4 N–H and O–H groups in total. The van der Waals surface area contributed by atoms with Crippen molar-refractivity contribution < 1.29 is 24.2 Å². The molecule has 0 spiro atoms. The van der Waals surface area contributed by atoms with Crippen molar-refractivity contribution in [1.29, 1.82) is 0 Å². The highest BCUT2D eigenvalue weighted by Gasteiger charge is 2.29. The third-order valence-corrected chi connectivity index (χ3v) is 4.63. The highest BCUT2D eigenvalue weighted by atomic mass is 16.5. The number of carboxylic acid groups (broad SMARTS) is 1. The van der Waals surface area contributed by atoms with Crippen molar-refractivity contribution >= 4 is 18.0 Å². The second kappa shape index (κ2) is 7.90. The molecule has 7 heteroatoms. The molecule has 0 aromatic heterocycles. The minimum atomic E-state index is -1.09. The number of hydrogen-bond donors (Lipinski definition) is 3. The Balaban J connectivity index is 1.67. The average molecular weight is 368 g/mol. The van der Waals surface area contributed by atoms with Crippen LogP contribution in [0.5, 0.6) is 0 Å². The van der Waals surface area contributed by atoms with E-state index in [9.17, 15) is 14.4 Å². The number of alkyl carbamates (subject to hydrolysis) is 1. The summed E-state index contributed by atoms with van der Waals surface area (Å²) in [5.74, 6) is -1.98. The number of ether oxygens (including phenoxy) is 1. The molecule has 2 aromatic carbocycles. The van der Waals surface area contributed by atoms with Crippen molar-refractivity contribution in [3.05, 3.63) is 59.7 Å². The topological polar surface area (TPSA) is 119 Å². The van der Waals surface area contributed by atoms with E-state index in [1.807, 2.05) is 48.5 Å². The Morgan fingerprint density at radius 1 is 1.04 bits per heavy atom. The van der Waals surface area contributed by atoms with Gasteiger partial charge in [0.15, 0.2) is 0 Å². The fourth-order valence-electron chi connectivity index (χ4n) is 3.34. The predicted octanol–water partition coefficient (Wildman–Crippen LogP) is 2.24. The van der Waals surface area contributed by atoms with Crippen molar-refractivity contribution in [2.24, 2.45) is 5.73 Å². The summed E-state index contributed by atoms with van der Waals surface area (Å²) >= 11 is 0. The Morgan fingerprint density at radius 3 is 2.11 bits per heavy atom. The second-order valence-corrected chi connectivity index (χ2v) is 6.36. The largest absolute Gasteiger partial charge is 0.481 e. The summed E-state index contributed by atoms with van der Waals surface area (Å²) in [6.45, 7) is 0.101. The van der Waals surface area contributed by atoms with Crippen LogP contribution in [0.1, 0.15) is 29.9 Å². The summed E-state index contributed by atoms with van der Waals surface area (Å²) in [6, 6.07) is 14.8. The van der Waals surface area contributed by atoms with Crippen LogP contribution in [0, 0.1) is 0 Å². The number of aliphatic carboxylic acids is 1. The molecule has 0 saturated carbocycles. The molecule has 0 bridgehead atoms. The van der Waals surface area contributed by atoms with E-state index in [2.05, 4.69) is 5.32 Å². The van der Waals surface area contributed by atoms with Crippen LogP contribution in [0.25, 0.3) is 11.1 Å². The Morgan fingerprint density at radius 2 is 1.59 bits per heavy atom. The highest BCUT2D eigenvalue weighted by molar-refractivity contribution is 5.85. The number of carbonyl (C=O) groups excluding carboxylic acids is 2. The number of nitrogens with one attached hydrogen (secondary N) is 1. The molecule has 1 aliphatic carbocycles. The molecule has 0 aliphatic heterocycles. The molecular weight excluding hydrogens is 348 g/mol. The lowest BCUT2D eigenvalue weighted by atomic mass is 9.98. The molecule has 0 saturated heterocycles. The molecule has 1 aliphatic rings. The highest BCUT2D eigenvalue weighted by Crippen LogP contribution is 2.44. The van der Waals surface area contributed by atoms with Crippen LogP contribution in [0.4, 0.5) is 4.79 Å². The maximum absolute atomic E-state index is 12.1. The van der Waals surface area contributed by atoms with Crippen molar-refractivity contribution in [2.45, 2.75) is 24.8 Å². The molecule has 1 atom stereocenters. The maximum atomic E-state index is 12.1. The molecular formula is C20H20N2O5. The number of carboxylic acids is 1. The first-order valence-corrected chi connectivity index (χ1v) is 8.60. The van der Waals surface area contributed by atoms with E-state index in [1.54, 1.807) is 0 Å². The van der Waals surface area contributed by atoms with Crippen LogP contribution < -0.4 is 11.1 Å². The summed E-state index contributed by atoms with van der Waals surface area (Å²) in [5.41, 5.74) is 9.58. The van der Waals surface area contributed by atoms with Crippen LogP contribution >= 0.6 is 0 Å². The van der Waals surface area contributed by atoms with Gasteiger partial charge in [-0.05, 0) is 28.7 Å². The number of fused-ring (bicyclic) bond motifs is 3. The van der Waals surface area contributed by atoms with Gasteiger partial charge in [0.1, 0.15) is 12.6 Å². The Bertz CT molecular complexity index is 835. The first-order valence-electron chi connectivity index (χ1n) is 8.60. The summed E-state index contributed by atoms with van der Waals surface area (Å²) in [4.78, 5) is 34.1. The van der Waals surface area contributed by atoms with Gasteiger partial charge in [0.2, 0.25) is 5.91 Å². The third kappa shape index (κ3) is 4.08. The van der Waals surface area contributed by atoms with Crippen molar-refractivity contribution in [2.75, 3.05) is 6.61 Å². The van der Waals surface area contributed by atoms with E-state index in [4.69, 9.17) is 15.6 Å². The Labute approximate surface area is 156 Å². The summed E-state index contributed by atoms with van der Waals surface area (Å²) in [6.07, 6.45) is -1.17. The summed E-state index contributed by atoms with van der Waals surface area (Å²) in [5, 5.41) is 11.1. The first kappa shape index (κ1) is 18.4. The van der Waals surface area contributed by atoms with Gasteiger partial charge in [0.05, 0.1) is 0 Å². The monoisotopic (exact) mass is 368 g/mol. The Hall–Kier alpha value is -3.35. The molecule has 3 rings (SSSR count). The zero-order valence-electron chi connectivity index (χ0n) is 14.6. The van der Waals surface area contributed by atoms with Gasteiger partial charge in [0, 0.05) is 12.3 Å². The van der Waals surface area contributed by atoms with Crippen molar-refractivity contribution in [3.8, 4) is 11.1 Å². The van der Waals surface area contributed by atoms with Crippen molar-refractivity contribution in [3.63, 3.8) is 0 Å². The van der Waals surface area contributed by atoms with Gasteiger partial charge in [-0.25, -0.2) is 4.79 Å². The lowest BCUT2D eigenvalue weighted by Gasteiger charge is -2.17. The number of rotatable bonds is 7. The van der Waals surface area contributed by atoms with E-state index >= 15 is 0 Å². The zero-order chi connectivity index (χ0) is 19.4. The number of benzene rings is 2. The van der Waals surface area contributed by atoms with Gasteiger partial charge in [0.25, 0.3) is 0 Å². The fourth-order valence-corrected chi connectivity index (χ4v) is 3.34. The normalized spacial score (nSPS) is 13.3. The second-order valence-electron chi connectivity index (χ2n) is 6.36. The van der Waals surface area contributed by atoms with E-state index in [1.165, 1.54) is 0 Å². The van der Waals surface area contributed by atoms with E-state index in [0.29, 0.717) is 0 Å². The SMILES string of the molecule is NC(=O)[C@H](CCC(=O)O)NC(=O)OCC1c2ccccc2-c2ccccc21. The van der Waals surface area contributed by atoms with Crippen LogP contribution in [0.3, 0.4) is 0 Å². The number of amides is 2. The minimum absolute atomic E-state index is 0.0884. The molecule has 2 aromatic rings. The van der Waals surface area contributed by atoms with Gasteiger partial charge in [-0.3, -0.25) is 9.59 Å². The number of primary amides is 1. The quantitative estimate of drug-likeness (QED) is 0.692. The lowest BCUT2D eigenvalue weighted by Crippen LogP contribution is -2.45. The number of nitrogens with two attached hydrogens (primary N) is 1. The molecule has 27 heavy (non-hydrogen) atoms. The summed E-state index contributed by atoms with van der Waals surface area (Å²) < 4.78 is 5.32. The van der Waals surface area contributed by atoms with E-state index in [-0.39, 0.29) is 25.4 Å². The van der Waals surface area contributed by atoms with Gasteiger partial charge < -0.3 is 20.9 Å². The molecule has 0 radical (unpaired) electrons. The smallest absolute Gasteiger partial charge is 0.407 e. The summed E-state index contributed by atoms with van der Waals surface area (Å²) in [7, 11) is 0. The number of hydrogen-bond acceptors (Lipinski definition) is 4. The van der Waals surface area contributed by atoms with Gasteiger partial charge >= 0.3 is 12.1 Å². The van der Waals surface area contributed by atoms with Gasteiger partial charge in [-0.2, -0.15) is 0 Å². The first-order chi connectivity index (χ1) is 13.0. The van der Waals surface area contributed by atoms with Crippen LogP contribution in [0.15, 0.2) is 48.5 Å². The van der Waals surface area contributed by atoms with E-state index in [0.717, 1.165) is 22.3 Å². The molecule has 0 heterocycles. The molecule has 0 unspecified atom stereocenters. The molecule has 0 fully saturated rings. The van der Waals surface area contributed by atoms with Crippen LogP contribution in [-0.2, 0) is 14.3 Å². The predicted molar refractivity (Wildman–Crippen MR) is 98.1 cm³/mol. The third-order valence-electron chi connectivity index (χ3n) is 4.63. The van der Waals surface area contributed by atoms with Gasteiger partial charge in [-0.15, -0.1) is 0 Å². The fraction of sp³-hybridized carbons (Fsp3) is 0.250. The van der Waals surface area contributed by atoms with E-state index < -0.39 is 24.0 Å². The Kier molecular flexibility index (Phi) is 5.40. The maximum Gasteiger partial charge on any atom is 0.407 e. The average Bonchev–Trinajstić information content (AvgIpc) is 2.97. The lowest BCUT2D eigenvalue weighted by molar-refractivity contribution is -0.137. The molecule has 140 valence electrons.